The van der Waals surface area contributed by atoms with E-state index in [1.165, 1.54) is 0 Å². The topological polar surface area (TPSA) is 155 Å². The molecule has 3 rings (SSSR count). The standard InChI is InChI=1S/C18H16N2O9S/c21-14-8-9-15(22)19(14)12-6-2-1-4-11(12)5-3-7-17(24)29-20-16(23)10-13(18(20)25)30(26,27)28/h1-2,4,6,8-9,13H,3,5,7,10H2,(H,26,27,28)/t13-/m1/s1. The van der Waals surface area contributed by atoms with Crippen LogP contribution in [0.2, 0.25) is 0 Å². The van der Waals surface area contributed by atoms with Crippen LogP contribution in [0.4, 0.5) is 5.69 Å². The van der Waals surface area contributed by atoms with Gasteiger partial charge in [0.05, 0.1) is 12.1 Å². The third-order valence-corrected chi connectivity index (χ3v) is 5.57. The summed E-state index contributed by atoms with van der Waals surface area (Å²) in [5.41, 5.74) is 1.00. The van der Waals surface area contributed by atoms with Crippen LogP contribution in [0, 0.1) is 0 Å². The van der Waals surface area contributed by atoms with E-state index < -0.39 is 51.4 Å². The Balaban J connectivity index is 1.59. The molecule has 12 heteroatoms. The molecular formula is C18H16N2O9S. The largest absolute Gasteiger partial charge is 0.333 e. The molecule has 1 aromatic rings. The number of aryl methyl sites for hydroxylation is 1. The van der Waals surface area contributed by atoms with Crippen LogP contribution in [0.1, 0.15) is 24.8 Å². The maximum atomic E-state index is 12.0. The Morgan fingerprint density at radius 3 is 2.33 bits per heavy atom. The Kier molecular flexibility index (Phi) is 5.80. The van der Waals surface area contributed by atoms with Gasteiger partial charge in [-0.25, -0.2) is 9.69 Å². The van der Waals surface area contributed by atoms with Crippen LogP contribution in [0.3, 0.4) is 0 Å². The summed E-state index contributed by atoms with van der Waals surface area (Å²) in [5, 5.41) is -1.95. The van der Waals surface area contributed by atoms with Crippen LogP contribution < -0.4 is 4.90 Å². The molecular weight excluding hydrogens is 420 g/mol. The summed E-state index contributed by atoms with van der Waals surface area (Å²) in [7, 11) is -4.80. The summed E-state index contributed by atoms with van der Waals surface area (Å²) in [5.74, 6) is -4.31. The third-order valence-electron chi connectivity index (χ3n) is 4.48. The van der Waals surface area contributed by atoms with Crippen molar-refractivity contribution in [2.45, 2.75) is 30.9 Å². The maximum Gasteiger partial charge on any atom is 0.333 e. The number of hydroxylamine groups is 2. The lowest BCUT2D eigenvalue weighted by Crippen LogP contribution is -2.36. The van der Waals surface area contributed by atoms with Crippen molar-refractivity contribution in [1.82, 2.24) is 5.06 Å². The number of hydrogen-bond donors (Lipinski definition) is 1. The molecule has 30 heavy (non-hydrogen) atoms. The van der Waals surface area contributed by atoms with Gasteiger partial charge in [0.25, 0.3) is 33.7 Å². The lowest BCUT2D eigenvalue weighted by atomic mass is 10.1. The predicted octanol–water partition coefficient (Wildman–Crippen LogP) is -0.0878. The van der Waals surface area contributed by atoms with E-state index in [1.807, 2.05) is 0 Å². The molecule has 1 fully saturated rings. The number of amides is 4. The van der Waals surface area contributed by atoms with Crippen molar-refractivity contribution in [3.05, 3.63) is 42.0 Å². The number of imide groups is 2. The molecule has 2 aliphatic rings. The molecule has 2 heterocycles. The van der Waals surface area contributed by atoms with Gasteiger partial charge in [0.15, 0.2) is 5.25 Å². The molecule has 0 bridgehead atoms. The first-order valence-corrected chi connectivity index (χ1v) is 10.3. The van der Waals surface area contributed by atoms with Crippen LogP contribution in [0.15, 0.2) is 36.4 Å². The van der Waals surface area contributed by atoms with Crippen molar-refractivity contribution in [2.75, 3.05) is 4.90 Å². The van der Waals surface area contributed by atoms with Crippen molar-refractivity contribution < 1.29 is 41.8 Å². The number of carbonyl (C=O) groups excluding carboxylic acids is 5. The van der Waals surface area contributed by atoms with Crippen molar-refractivity contribution in [1.29, 1.82) is 0 Å². The Hall–Kier alpha value is -3.38. The zero-order chi connectivity index (χ0) is 22.1. The number of anilines is 1. The Morgan fingerprint density at radius 1 is 1.10 bits per heavy atom. The third kappa shape index (κ3) is 4.28. The molecule has 0 unspecified atom stereocenters. The normalized spacial score (nSPS) is 19.2. The molecule has 1 atom stereocenters. The smallest absolute Gasteiger partial charge is 0.330 e. The second kappa shape index (κ2) is 8.16. The summed E-state index contributed by atoms with van der Waals surface area (Å²) in [6.45, 7) is 0. The van der Waals surface area contributed by atoms with Crippen LogP contribution in [-0.2, 0) is 45.3 Å². The van der Waals surface area contributed by atoms with E-state index in [0.717, 1.165) is 17.1 Å². The van der Waals surface area contributed by atoms with Crippen LogP contribution >= 0.6 is 0 Å². The molecule has 0 aliphatic carbocycles. The molecule has 2 aliphatic heterocycles. The van der Waals surface area contributed by atoms with Gasteiger partial charge in [0, 0.05) is 18.6 Å². The molecule has 0 aromatic heterocycles. The Bertz CT molecular complexity index is 1060. The monoisotopic (exact) mass is 436 g/mol. The van der Waals surface area contributed by atoms with E-state index in [0.29, 0.717) is 11.3 Å². The van der Waals surface area contributed by atoms with E-state index >= 15 is 0 Å². The molecule has 4 amide bonds. The van der Waals surface area contributed by atoms with Gasteiger partial charge in [0.2, 0.25) is 0 Å². The highest BCUT2D eigenvalue weighted by Gasteiger charge is 2.48. The molecule has 0 radical (unpaired) electrons. The van der Waals surface area contributed by atoms with Crippen molar-refractivity contribution >= 4 is 45.4 Å². The van der Waals surface area contributed by atoms with Gasteiger partial charge in [-0.15, -0.1) is 5.06 Å². The van der Waals surface area contributed by atoms with Crippen molar-refractivity contribution in [2.24, 2.45) is 0 Å². The van der Waals surface area contributed by atoms with Crippen molar-refractivity contribution in [3.63, 3.8) is 0 Å². The fourth-order valence-electron chi connectivity index (χ4n) is 3.06. The van der Waals surface area contributed by atoms with Gasteiger partial charge in [-0.3, -0.25) is 23.7 Å². The minimum Gasteiger partial charge on any atom is -0.330 e. The van der Waals surface area contributed by atoms with E-state index in [-0.39, 0.29) is 24.3 Å². The van der Waals surface area contributed by atoms with Gasteiger partial charge in [-0.1, -0.05) is 18.2 Å². The first kappa shape index (κ1) is 21.3. The molecule has 1 aromatic carbocycles. The first-order valence-electron chi connectivity index (χ1n) is 8.77. The predicted molar refractivity (Wildman–Crippen MR) is 98.9 cm³/mol. The Morgan fingerprint density at radius 2 is 1.73 bits per heavy atom. The summed E-state index contributed by atoms with van der Waals surface area (Å²) < 4.78 is 31.1. The van der Waals surface area contributed by atoms with E-state index in [1.54, 1.807) is 24.3 Å². The number of nitrogens with zero attached hydrogens (tertiary/aromatic N) is 2. The number of benzene rings is 1. The van der Waals surface area contributed by atoms with Crippen LogP contribution in [0.5, 0.6) is 0 Å². The van der Waals surface area contributed by atoms with Crippen LogP contribution in [0.25, 0.3) is 0 Å². The van der Waals surface area contributed by atoms with Gasteiger partial charge in [0.1, 0.15) is 0 Å². The average Bonchev–Trinajstić information content (AvgIpc) is 3.15. The molecule has 158 valence electrons. The lowest BCUT2D eigenvalue weighted by molar-refractivity contribution is -0.197. The quantitative estimate of drug-likeness (QED) is 0.456. The minimum atomic E-state index is -4.80. The van der Waals surface area contributed by atoms with Crippen LogP contribution in [-0.4, -0.2) is 52.9 Å². The second-order valence-electron chi connectivity index (χ2n) is 6.52. The zero-order valence-corrected chi connectivity index (χ0v) is 16.2. The average molecular weight is 436 g/mol. The summed E-state index contributed by atoms with van der Waals surface area (Å²) in [4.78, 5) is 65.0. The fraction of sp³-hybridized carbons (Fsp3) is 0.278. The van der Waals surface area contributed by atoms with E-state index in [2.05, 4.69) is 4.84 Å². The molecule has 0 spiro atoms. The first-order chi connectivity index (χ1) is 14.1. The van der Waals surface area contributed by atoms with E-state index in [4.69, 9.17) is 4.55 Å². The summed E-state index contributed by atoms with van der Waals surface area (Å²) in [6, 6.07) is 6.63. The summed E-state index contributed by atoms with van der Waals surface area (Å²) >= 11 is 0. The number of para-hydroxylation sites is 1. The highest BCUT2D eigenvalue weighted by Crippen LogP contribution is 2.25. The molecule has 1 saturated heterocycles. The minimum absolute atomic E-state index is 0.0436. The SMILES string of the molecule is O=C(CCCc1ccccc1N1C(=O)C=CC1=O)ON1C(=O)C[C@@H](S(=O)(=O)O)C1=O. The number of hydrogen-bond acceptors (Lipinski definition) is 8. The van der Waals surface area contributed by atoms with Crippen molar-refractivity contribution in [3.8, 4) is 0 Å². The van der Waals surface area contributed by atoms with Gasteiger partial charge >= 0.3 is 5.97 Å². The van der Waals surface area contributed by atoms with Gasteiger partial charge in [-0.2, -0.15) is 8.42 Å². The highest BCUT2D eigenvalue weighted by atomic mass is 32.2. The molecule has 11 nitrogen and oxygen atoms in total. The highest BCUT2D eigenvalue weighted by molar-refractivity contribution is 7.87. The molecule has 0 saturated carbocycles. The van der Waals surface area contributed by atoms with Gasteiger partial charge in [-0.05, 0) is 24.5 Å². The van der Waals surface area contributed by atoms with E-state index in [9.17, 15) is 32.4 Å². The lowest BCUT2D eigenvalue weighted by Gasteiger charge is -2.18. The maximum absolute atomic E-state index is 12.0. The number of carbonyl (C=O) groups is 5. The second-order valence-corrected chi connectivity index (χ2v) is 8.12. The fourth-order valence-corrected chi connectivity index (χ4v) is 3.76. The zero-order valence-electron chi connectivity index (χ0n) is 15.4. The summed E-state index contributed by atoms with van der Waals surface area (Å²) in [6.07, 6.45) is 1.72. The Labute approximate surface area is 170 Å². The molecule has 1 N–H and O–H groups in total. The number of rotatable bonds is 7. The van der Waals surface area contributed by atoms with Gasteiger partial charge < -0.3 is 4.84 Å².